The zero-order valence-corrected chi connectivity index (χ0v) is 9.82. The normalized spacial score (nSPS) is 10.5. The summed E-state index contributed by atoms with van der Waals surface area (Å²) in [4.78, 5) is 4.20. The van der Waals surface area contributed by atoms with Gasteiger partial charge in [0, 0.05) is 5.56 Å². The Morgan fingerprint density at radius 2 is 1.68 bits per heavy atom. The quantitative estimate of drug-likeness (QED) is 0.687. The van der Waals surface area contributed by atoms with Crippen molar-refractivity contribution >= 4 is 0 Å². The summed E-state index contributed by atoms with van der Waals surface area (Å²) in [5, 5.41) is 23.1. The van der Waals surface area contributed by atoms with Crippen LogP contribution in [0.2, 0.25) is 0 Å². The van der Waals surface area contributed by atoms with E-state index in [1.165, 1.54) is 6.07 Å². The van der Waals surface area contributed by atoms with Crippen molar-refractivity contribution in [2.24, 2.45) is 0 Å². The topological polar surface area (TPSA) is 79.4 Å². The molecule has 3 rings (SSSR count). The fourth-order valence-electron chi connectivity index (χ4n) is 1.74. The van der Waals surface area contributed by atoms with Crippen molar-refractivity contribution in [3.05, 3.63) is 48.5 Å². The molecule has 0 fully saturated rings. The van der Waals surface area contributed by atoms with Gasteiger partial charge in [0.2, 0.25) is 5.82 Å². The Balaban J connectivity index is 2.05. The molecule has 0 aliphatic heterocycles. The van der Waals surface area contributed by atoms with Gasteiger partial charge in [-0.25, -0.2) is 0 Å². The number of phenolic OH excluding ortho intramolecular Hbond substituents is 2. The monoisotopic (exact) mass is 254 g/mol. The minimum atomic E-state index is -0.272. The lowest BCUT2D eigenvalue weighted by atomic mass is 10.2. The lowest BCUT2D eigenvalue weighted by molar-refractivity contribution is 0.397. The van der Waals surface area contributed by atoms with E-state index in [0.29, 0.717) is 11.4 Å². The smallest absolute Gasteiger partial charge is 0.262 e. The van der Waals surface area contributed by atoms with Crippen LogP contribution >= 0.6 is 0 Å². The van der Waals surface area contributed by atoms with Gasteiger partial charge in [0.1, 0.15) is 0 Å². The summed E-state index contributed by atoms with van der Waals surface area (Å²) in [5.74, 6) is 0.0910. The molecule has 1 aromatic heterocycles. The molecule has 94 valence electrons. The second kappa shape index (κ2) is 4.45. The van der Waals surface area contributed by atoms with Crippen LogP contribution in [-0.2, 0) is 0 Å². The minimum Gasteiger partial charge on any atom is -0.504 e. The van der Waals surface area contributed by atoms with E-state index in [4.69, 9.17) is 4.52 Å². The maximum Gasteiger partial charge on any atom is 0.262 e. The Morgan fingerprint density at radius 1 is 0.895 bits per heavy atom. The van der Waals surface area contributed by atoms with Crippen molar-refractivity contribution in [1.29, 1.82) is 0 Å². The van der Waals surface area contributed by atoms with Gasteiger partial charge in [-0.1, -0.05) is 41.6 Å². The van der Waals surface area contributed by atoms with Crippen LogP contribution in [0.25, 0.3) is 22.8 Å². The number of hydrogen-bond donors (Lipinski definition) is 2. The fourth-order valence-corrected chi connectivity index (χ4v) is 1.74. The average Bonchev–Trinajstić information content (AvgIpc) is 2.92. The van der Waals surface area contributed by atoms with Gasteiger partial charge in [-0.3, -0.25) is 0 Å². The number of aromatic nitrogens is 2. The van der Waals surface area contributed by atoms with Crippen molar-refractivity contribution in [3.8, 4) is 34.3 Å². The lowest BCUT2D eigenvalue weighted by Gasteiger charge is -2.00. The largest absolute Gasteiger partial charge is 0.504 e. The standard InChI is InChI=1S/C14H10N2O3/c17-11-8-4-7-10(12(11)18)14-15-13(16-19-14)9-5-2-1-3-6-9/h1-8,17-18H. The molecule has 5 nitrogen and oxygen atoms in total. The number of hydrogen-bond acceptors (Lipinski definition) is 5. The molecule has 0 spiro atoms. The molecule has 0 aliphatic carbocycles. The predicted molar refractivity (Wildman–Crippen MR) is 68.5 cm³/mol. The molecule has 5 heteroatoms. The third kappa shape index (κ3) is 2.01. The highest BCUT2D eigenvalue weighted by atomic mass is 16.5. The van der Waals surface area contributed by atoms with Crippen molar-refractivity contribution < 1.29 is 14.7 Å². The SMILES string of the molecule is Oc1cccc(-c2nc(-c3ccccc3)no2)c1O. The Morgan fingerprint density at radius 3 is 2.47 bits per heavy atom. The third-order valence-corrected chi connectivity index (χ3v) is 2.70. The van der Waals surface area contributed by atoms with Crippen LogP contribution in [0.1, 0.15) is 0 Å². The number of para-hydroxylation sites is 1. The van der Waals surface area contributed by atoms with E-state index in [2.05, 4.69) is 10.1 Å². The van der Waals surface area contributed by atoms with Gasteiger partial charge >= 0.3 is 0 Å². The molecule has 0 amide bonds. The fraction of sp³-hybridized carbons (Fsp3) is 0. The Labute approximate surface area is 108 Å². The first kappa shape index (κ1) is 11.3. The summed E-state index contributed by atoms with van der Waals surface area (Å²) in [7, 11) is 0. The van der Waals surface area contributed by atoms with Crippen LogP contribution in [0.5, 0.6) is 11.5 Å². The van der Waals surface area contributed by atoms with Crippen LogP contribution in [0, 0.1) is 0 Å². The maximum atomic E-state index is 9.75. The molecule has 0 aliphatic rings. The second-order valence-electron chi connectivity index (χ2n) is 3.96. The highest BCUT2D eigenvalue weighted by Crippen LogP contribution is 2.35. The molecule has 3 aromatic rings. The van der Waals surface area contributed by atoms with Gasteiger partial charge in [-0.05, 0) is 12.1 Å². The third-order valence-electron chi connectivity index (χ3n) is 2.70. The van der Waals surface area contributed by atoms with Crippen LogP contribution in [0.3, 0.4) is 0 Å². The van der Waals surface area contributed by atoms with Gasteiger partial charge in [0.05, 0.1) is 5.56 Å². The van der Waals surface area contributed by atoms with Crippen LogP contribution in [-0.4, -0.2) is 20.4 Å². The summed E-state index contributed by atoms with van der Waals surface area (Å²) < 4.78 is 5.11. The molecular weight excluding hydrogens is 244 g/mol. The highest BCUT2D eigenvalue weighted by molar-refractivity contribution is 5.68. The molecule has 2 N–H and O–H groups in total. The van der Waals surface area contributed by atoms with Crippen molar-refractivity contribution in [2.75, 3.05) is 0 Å². The number of aromatic hydroxyl groups is 2. The summed E-state index contributed by atoms with van der Waals surface area (Å²) in [6.45, 7) is 0. The number of benzene rings is 2. The van der Waals surface area contributed by atoms with Gasteiger partial charge in [-0.15, -0.1) is 0 Å². The van der Waals surface area contributed by atoms with Gasteiger partial charge in [-0.2, -0.15) is 4.98 Å². The zero-order chi connectivity index (χ0) is 13.2. The summed E-state index contributed by atoms with van der Waals surface area (Å²) in [5.41, 5.74) is 1.12. The first-order chi connectivity index (χ1) is 9.25. The van der Waals surface area contributed by atoms with Crippen molar-refractivity contribution in [3.63, 3.8) is 0 Å². The first-order valence-corrected chi connectivity index (χ1v) is 5.66. The number of rotatable bonds is 2. The number of phenols is 2. The Kier molecular flexibility index (Phi) is 2.64. The molecule has 1 heterocycles. The second-order valence-corrected chi connectivity index (χ2v) is 3.96. The molecule has 0 saturated heterocycles. The van der Waals surface area contributed by atoms with Crippen molar-refractivity contribution in [1.82, 2.24) is 10.1 Å². The molecular formula is C14H10N2O3. The molecule has 2 aromatic carbocycles. The molecule has 0 radical (unpaired) electrons. The minimum absolute atomic E-state index is 0.159. The summed E-state index contributed by atoms with van der Waals surface area (Å²) in [6.07, 6.45) is 0. The van der Waals surface area contributed by atoms with E-state index in [1.54, 1.807) is 12.1 Å². The van der Waals surface area contributed by atoms with Crippen LogP contribution in [0.4, 0.5) is 0 Å². The molecule has 19 heavy (non-hydrogen) atoms. The average molecular weight is 254 g/mol. The van der Waals surface area contributed by atoms with Gasteiger partial charge in [0.15, 0.2) is 11.5 Å². The maximum absolute atomic E-state index is 9.75. The Bertz CT molecular complexity index is 708. The lowest BCUT2D eigenvalue weighted by Crippen LogP contribution is -1.81. The van der Waals surface area contributed by atoms with Crippen molar-refractivity contribution in [2.45, 2.75) is 0 Å². The van der Waals surface area contributed by atoms with E-state index in [-0.39, 0.29) is 17.4 Å². The van der Waals surface area contributed by atoms with Crippen LogP contribution in [0.15, 0.2) is 53.1 Å². The van der Waals surface area contributed by atoms with Gasteiger partial charge < -0.3 is 14.7 Å². The molecule has 0 bridgehead atoms. The molecule has 0 atom stereocenters. The number of nitrogens with zero attached hydrogens (tertiary/aromatic N) is 2. The van der Waals surface area contributed by atoms with E-state index in [1.807, 2.05) is 30.3 Å². The van der Waals surface area contributed by atoms with E-state index >= 15 is 0 Å². The zero-order valence-electron chi connectivity index (χ0n) is 9.82. The predicted octanol–water partition coefficient (Wildman–Crippen LogP) is 2.81. The van der Waals surface area contributed by atoms with E-state index < -0.39 is 0 Å². The molecule has 0 saturated carbocycles. The first-order valence-electron chi connectivity index (χ1n) is 5.66. The summed E-state index contributed by atoms with van der Waals surface area (Å²) >= 11 is 0. The Hall–Kier alpha value is -2.82. The van der Waals surface area contributed by atoms with Crippen LogP contribution < -0.4 is 0 Å². The molecule has 0 unspecified atom stereocenters. The van der Waals surface area contributed by atoms with E-state index in [0.717, 1.165) is 5.56 Å². The summed E-state index contributed by atoms with van der Waals surface area (Å²) in [6, 6.07) is 13.9. The van der Waals surface area contributed by atoms with E-state index in [9.17, 15) is 10.2 Å². The highest BCUT2D eigenvalue weighted by Gasteiger charge is 2.15. The van der Waals surface area contributed by atoms with Gasteiger partial charge in [0.25, 0.3) is 5.89 Å².